The van der Waals surface area contributed by atoms with E-state index in [4.69, 9.17) is 0 Å². The van der Waals surface area contributed by atoms with E-state index in [1.165, 1.54) is 0 Å². The first kappa shape index (κ1) is 19.3. The van der Waals surface area contributed by atoms with E-state index in [1.807, 2.05) is 6.92 Å². The van der Waals surface area contributed by atoms with Gasteiger partial charge in [-0.05, 0) is 31.0 Å². The van der Waals surface area contributed by atoms with Crippen molar-refractivity contribution in [2.45, 2.75) is 38.9 Å². The van der Waals surface area contributed by atoms with Crippen molar-refractivity contribution < 1.29 is 22.8 Å². The van der Waals surface area contributed by atoms with E-state index in [1.54, 1.807) is 20.7 Å². The molecule has 1 saturated heterocycles. The minimum Gasteiger partial charge on any atom is -0.338 e. The van der Waals surface area contributed by atoms with Gasteiger partial charge < -0.3 is 10.2 Å². The van der Waals surface area contributed by atoms with Crippen molar-refractivity contribution in [3.8, 4) is 0 Å². The standard InChI is InChI=1S/C19H20F3N5O2/c1-11-9-27-16(15(8-24-27)25-4-2-3-23-19(25)29)10-26(11)17(28)7-12-5-13(20)18(22)14(21)6-12/h5-6,8,11H,2-4,7,9-10H2,1H3,(H,23,29)/t11-/m0/s1. The quantitative estimate of drug-likeness (QED) is 0.793. The molecule has 7 nitrogen and oxygen atoms in total. The molecule has 2 aliphatic rings. The maximum absolute atomic E-state index is 13.5. The van der Waals surface area contributed by atoms with E-state index in [9.17, 15) is 22.8 Å². The molecule has 1 atom stereocenters. The molecule has 2 aliphatic heterocycles. The first-order valence-electron chi connectivity index (χ1n) is 9.38. The largest absolute Gasteiger partial charge is 0.338 e. The summed E-state index contributed by atoms with van der Waals surface area (Å²) in [5.41, 5.74) is 1.43. The van der Waals surface area contributed by atoms with Crippen LogP contribution in [0, 0.1) is 17.5 Å². The lowest BCUT2D eigenvalue weighted by Crippen LogP contribution is -2.48. The van der Waals surface area contributed by atoms with Crippen LogP contribution in [0.25, 0.3) is 0 Å². The molecule has 3 heterocycles. The van der Waals surface area contributed by atoms with Gasteiger partial charge in [0.15, 0.2) is 17.5 Å². The normalized spacial score (nSPS) is 19.2. The fourth-order valence-electron chi connectivity index (χ4n) is 3.79. The lowest BCUT2D eigenvalue weighted by Gasteiger charge is -2.36. The van der Waals surface area contributed by atoms with Crippen LogP contribution >= 0.6 is 0 Å². The van der Waals surface area contributed by atoms with Crippen LogP contribution in [0.2, 0.25) is 0 Å². The second kappa shape index (κ2) is 7.41. The molecule has 29 heavy (non-hydrogen) atoms. The summed E-state index contributed by atoms with van der Waals surface area (Å²) < 4.78 is 41.9. The molecule has 0 aliphatic carbocycles. The van der Waals surface area contributed by atoms with Gasteiger partial charge in [0.2, 0.25) is 5.91 Å². The summed E-state index contributed by atoms with van der Waals surface area (Å²) >= 11 is 0. The molecule has 10 heteroatoms. The van der Waals surface area contributed by atoms with Crippen LogP contribution in [0.15, 0.2) is 18.3 Å². The maximum Gasteiger partial charge on any atom is 0.321 e. The van der Waals surface area contributed by atoms with E-state index in [2.05, 4.69) is 10.4 Å². The molecule has 4 rings (SSSR count). The summed E-state index contributed by atoms with van der Waals surface area (Å²) in [4.78, 5) is 28.2. The topological polar surface area (TPSA) is 70.5 Å². The van der Waals surface area contributed by atoms with Gasteiger partial charge in [0.05, 0.1) is 37.1 Å². The number of urea groups is 1. The monoisotopic (exact) mass is 407 g/mol. The number of nitrogens with zero attached hydrogens (tertiary/aromatic N) is 4. The molecule has 1 aromatic heterocycles. The molecule has 0 radical (unpaired) electrons. The second-order valence-electron chi connectivity index (χ2n) is 7.32. The van der Waals surface area contributed by atoms with E-state index >= 15 is 0 Å². The highest BCUT2D eigenvalue weighted by molar-refractivity contribution is 5.93. The Bertz CT molecular complexity index is 954. The first-order chi connectivity index (χ1) is 13.8. The number of hydrogen-bond acceptors (Lipinski definition) is 3. The first-order valence-corrected chi connectivity index (χ1v) is 9.38. The lowest BCUT2D eigenvalue weighted by molar-refractivity contribution is -0.134. The highest BCUT2D eigenvalue weighted by Gasteiger charge is 2.32. The van der Waals surface area contributed by atoms with Crippen molar-refractivity contribution in [1.82, 2.24) is 20.0 Å². The highest BCUT2D eigenvalue weighted by atomic mass is 19.2. The Morgan fingerprint density at radius 1 is 1.28 bits per heavy atom. The Hall–Kier alpha value is -3.04. The number of carbonyl (C=O) groups is 2. The molecule has 1 fully saturated rings. The zero-order chi connectivity index (χ0) is 20.7. The minimum absolute atomic E-state index is 0.0633. The highest BCUT2D eigenvalue weighted by Crippen LogP contribution is 2.28. The van der Waals surface area contributed by atoms with Gasteiger partial charge in [-0.1, -0.05) is 0 Å². The van der Waals surface area contributed by atoms with Crippen LogP contribution in [0.3, 0.4) is 0 Å². The van der Waals surface area contributed by atoms with Gasteiger partial charge in [-0.2, -0.15) is 5.10 Å². The van der Waals surface area contributed by atoms with Crippen LogP contribution in [-0.4, -0.2) is 45.8 Å². The fraction of sp³-hybridized carbons (Fsp3) is 0.421. The summed E-state index contributed by atoms with van der Waals surface area (Å²) in [6.45, 7) is 3.67. The third kappa shape index (κ3) is 3.54. The van der Waals surface area contributed by atoms with Crippen molar-refractivity contribution in [1.29, 1.82) is 0 Å². The summed E-state index contributed by atoms with van der Waals surface area (Å²) in [6.07, 6.45) is 2.16. The van der Waals surface area contributed by atoms with Crippen molar-refractivity contribution in [3.05, 3.63) is 47.0 Å². The lowest BCUT2D eigenvalue weighted by atomic mass is 10.1. The van der Waals surface area contributed by atoms with E-state index in [-0.39, 0.29) is 36.5 Å². The third-order valence-electron chi connectivity index (χ3n) is 5.31. The summed E-state index contributed by atoms with van der Waals surface area (Å²) in [6, 6.07) is 1.26. The molecule has 2 aromatic rings. The fourth-order valence-corrected chi connectivity index (χ4v) is 3.79. The SMILES string of the molecule is C[C@H]1Cn2ncc(N3CCCNC3=O)c2CN1C(=O)Cc1cc(F)c(F)c(F)c1. The van der Waals surface area contributed by atoms with Crippen LogP contribution in [0.1, 0.15) is 24.6 Å². The number of fused-ring (bicyclic) bond motifs is 1. The zero-order valence-electron chi connectivity index (χ0n) is 15.8. The molecular weight excluding hydrogens is 387 g/mol. The third-order valence-corrected chi connectivity index (χ3v) is 5.31. The van der Waals surface area contributed by atoms with E-state index in [0.717, 1.165) is 24.2 Å². The molecule has 0 bridgehead atoms. The molecule has 0 spiro atoms. The maximum atomic E-state index is 13.5. The average Bonchev–Trinajstić information content (AvgIpc) is 3.08. The molecule has 0 saturated carbocycles. The molecule has 3 amide bonds. The van der Waals surface area contributed by atoms with E-state index in [0.29, 0.717) is 25.3 Å². The predicted molar refractivity (Wildman–Crippen MR) is 97.6 cm³/mol. The number of rotatable bonds is 3. The molecule has 0 unspecified atom stereocenters. The number of halogens is 3. The summed E-state index contributed by atoms with van der Waals surface area (Å²) in [7, 11) is 0. The number of aromatic nitrogens is 2. The van der Waals surface area contributed by atoms with Crippen molar-refractivity contribution in [3.63, 3.8) is 0 Å². The van der Waals surface area contributed by atoms with Gasteiger partial charge in [-0.3, -0.25) is 14.4 Å². The molecular formula is C19H20F3N5O2. The Labute approximate surface area is 165 Å². The Morgan fingerprint density at radius 2 is 2.00 bits per heavy atom. The second-order valence-corrected chi connectivity index (χ2v) is 7.32. The van der Waals surface area contributed by atoms with Crippen LogP contribution in [0.5, 0.6) is 0 Å². The van der Waals surface area contributed by atoms with Crippen LogP contribution < -0.4 is 10.2 Å². The van der Waals surface area contributed by atoms with Gasteiger partial charge in [-0.25, -0.2) is 18.0 Å². The van der Waals surface area contributed by atoms with Crippen molar-refractivity contribution >= 4 is 17.6 Å². The Kier molecular flexibility index (Phi) is 4.93. The number of nitrogens with one attached hydrogen (secondary N) is 1. The Balaban J connectivity index is 1.56. The number of amides is 3. The number of anilines is 1. The number of hydrogen-bond donors (Lipinski definition) is 1. The Morgan fingerprint density at radius 3 is 2.69 bits per heavy atom. The zero-order valence-corrected chi connectivity index (χ0v) is 15.8. The summed E-state index contributed by atoms with van der Waals surface area (Å²) in [5, 5.41) is 7.13. The summed E-state index contributed by atoms with van der Waals surface area (Å²) in [5.74, 6) is -4.54. The van der Waals surface area contributed by atoms with Gasteiger partial charge in [0, 0.05) is 19.1 Å². The van der Waals surface area contributed by atoms with Crippen LogP contribution in [-0.2, 0) is 24.3 Å². The van der Waals surface area contributed by atoms with Gasteiger partial charge in [0.1, 0.15) is 0 Å². The van der Waals surface area contributed by atoms with Crippen molar-refractivity contribution in [2.75, 3.05) is 18.0 Å². The molecule has 154 valence electrons. The van der Waals surface area contributed by atoms with Crippen molar-refractivity contribution in [2.24, 2.45) is 0 Å². The molecule has 1 N–H and O–H groups in total. The average molecular weight is 407 g/mol. The van der Waals surface area contributed by atoms with Gasteiger partial charge in [-0.15, -0.1) is 0 Å². The number of benzene rings is 1. The van der Waals surface area contributed by atoms with Gasteiger partial charge >= 0.3 is 6.03 Å². The number of carbonyl (C=O) groups excluding carboxylic acids is 2. The van der Waals surface area contributed by atoms with Gasteiger partial charge in [0.25, 0.3) is 0 Å². The smallest absolute Gasteiger partial charge is 0.321 e. The predicted octanol–water partition coefficient (Wildman–Crippen LogP) is 2.19. The minimum atomic E-state index is -1.55. The van der Waals surface area contributed by atoms with Crippen LogP contribution in [0.4, 0.5) is 23.7 Å². The van der Waals surface area contributed by atoms with E-state index < -0.39 is 17.5 Å². The molecule has 1 aromatic carbocycles.